The van der Waals surface area contributed by atoms with E-state index in [2.05, 4.69) is 39.1 Å². The first-order valence-corrected chi connectivity index (χ1v) is 6.19. The molecule has 1 aromatic heterocycles. The molecular weight excluding hydrogens is 286 g/mol. The zero-order valence-electron chi connectivity index (χ0n) is 8.64. The number of hydrogen-bond acceptors (Lipinski definition) is 0. The van der Waals surface area contributed by atoms with E-state index in [0.29, 0.717) is 0 Å². The normalized spacial score (nSPS) is 11.4. The van der Waals surface area contributed by atoms with Gasteiger partial charge in [-0.1, -0.05) is 27.5 Å². The second-order valence-corrected chi connectivity index (χ2v) is 5.28. The lowest BCUT2D eigenvalue weighted by molar-refractivity contribution is 1.48. The molecule has 3 rings (SSSR count). The smallest absolute Gasteiger partial charge is 0.0480 e. The van der Waals surface area contributed by atoms with Crippen LogP contribution in [0.1, 0.15) is 5.56 Å². The molecule has 0 aliphatic carbocycles. The third kappa shape index (κ3) is 1.45. The average Bonchev–Trinajstić information content (AvgIpc) is 2.57. The van der Waals surface area contributed by atoms with Crippen LogP contribution in [0.4, 0.5) is 0 Å². The van der Waals surface area contributed by atoms with Crippen molar-refractivity contribution in [1.29, 1.82) is 0 Å². The predicted molar refractivity (Wildman–Crippen MR) is 73.3 cm³/mol. The molecule has 0 atom stereocenters. The van der Waals surface area contributed by atoms with Gasteiger partial charge in [-0.15, -0.1) is 0 Å². The maximum absolute atomic E-state index is 6.12. The van der Waals surface area contributed by atoms with Gasteiger partial charge >= 0.3 is 0 Å². The Morgan fingerprint density at radius 2 is 1.81 bits per heavy atom. The minimum absolute atomic E-state index is 0.804. The third-order valence-corrected chi connectivity index (χ3v) is 3.74. The van der Waals surface area contributed by atoms with Crippen molar-refractivity contribution in [2.45, 2.75) is 6.92 Å². The molecule has 0 amide bonds. The fraction of sp³-hybridized carbons (Fsp3) is 0.0769. The number of aromatic amines is 1. The van der Waals surface area contributed by atoms with E-state index in [-0.39, 0.29) is 0 Å². The van der Waals surface area contributed by atoms with Gasteiger partial charge in [0.2, 0.25) is 0 Å². The molecule has 80 valence electrons. The first-order valence-electron chi connectivity index (χ1n) is 5.02. The van der Waals surface area contributed by atoms with Crippen molar-refractivity contribution in [2.75, 3.05) is 0 Å². The van der Waals surface area contributed by atoms with Crippen molar-refractivity contribution in [3.63, 3.8) is 0 Å². The molecule has 0 fully saturated rings. The van der Waals surface area contributed by atoms with Gasteiger partial charge in [0.25, 0.3) is 0 Å². The number of rotatable bonds is 0. The van der Waals surface area contributed by atoms with Gasteiger partial charge in [-0.05, 0) is 42.8 Å². The SMILES string of the molecule is Cc1cc2c(cc1Cl)[nH]c1ccc(Br)cc12. The molecule has 0 aliphatic heterocycles. The van der Waals surface area contributed by atoms with E-state index in [9.17, 15) is 0 Å². The Labute approximate surface area is 107 Å². The van der Waals surface area contributed by atoms with Crippen LogP contribution >= 0.6 is 27.5 Å². The fourth-order valence-corrected chi connectivity index (χ4v) is 2.53. The summed E-state index contributed by atoms with van der Waals surface area (Å²) in [5, 5.41) is 3.25. The number of H-pyrrole nitrogens is 1. The minimum atomic E-state index is 0.804. The summed E-state index contributed by atoms with van der Waals surface area (Å²) in [5.41, 5.74) is 3.33. The van der Waals surface area contributed by atoms with Gasteiger partial charge in [-0.3, -0.25) is 0 Å². The molecule has 0 saturated carbocycles. The Bertz CT molecular complexity index is 700. The van der Waals surface area contributed by atoms with E-state index in [1.54, 1.807) is 0 Å². The van der Waals surface area contributed by atoms with Crippen LogP contribution in [0.3, 0.4) is 0 Å². The van der Waals surface area contributed by atoms with Crippen LogP contribution in [-0.4, -0.2) is 4.98 Å². The molecule has 3 heteroatoms. The van der Waals surface area contributed by atoms with E-state index < -0.39 is 0 Å². The molecule has 1 nitrogen and oxygen atoms in total. The predicted octanol–water partition coefficient (Wildman–Crippen LogP) is 5.05. The number of aryl methyl sites for hydroxylation is 1. The van der Waals surface area contributed by atoms with Crippen LogP contribution in [0, 0.1) is 6.92 Å². The van der Waals surface area contributed by atoms with Gasteiger partial charge in [-0.2, -0.15) is 0 Å². The highest BCUT2D eigenvalue weighted by atomic mass is 79.9. The lowest BCUT2D eigenvalue weighted by Gasteiger charge is -1.97. The summed E-state index contributed by atoms with van der Waals surface area (Å²) >= 11 is 9.61. The zero-order chi connectivity index (χ0) is 11.3. The van der Waals surface area contributed by atoms with Crippen molar-refractivity contribution in [1.82, 2.24) is 4.98 Å². The lowest BCUT2D eigenvalue weighted by atomic mass is 10.1. The Morgan fingerprint density at radius 1 is 1.06 bits per heavy atom. The number of benzene rings is 2. The Balaban J connectivity index is 2.53. The van der Waals surface area contributed by atoms with Crippen LogP contribution in [0.2, 0.25) is 5.02 Å². The molecule has 0 aliphatic rings. The van der Waals surface area contributed by atoms with Crippen molar-refractivity contribution in [3.05, 3.63) is 45.4 Å². The molecule has 1 heterocycles. The highest BCUT2D eigenvalue weighted by molar-refractivity contribution is 9.10. The van der Waals surface area contributed by atoms with Gasteiger partial charge in [0.1, 0.15) is 0 Å². The number of nitrogens with one attached hydrogen (secondary N) is 1. The molecular formula is C13H9BrClN. The maximum atomic E-state index is 6.12. The third-order valence-electron chi connectivity index (χ3n) is 2.84. The Hall–Kier alpha value is -0.990. The standard InChI is InChI=1S/C13H9BrClN/c1-7-4-9-10-5-8(14)2-3-12(10)16-13(9)6-11(7)15/h2-6,16H,1H3. The van der Waals surface area contributed by atoms with Crippen molar-refractivity contribution in [3.8, 4) is 0 Å². The second kappa shape index (κ2) is 3.51. The van der Waals surface area contributed by atoms with Crippen molar-refractivity contribution >= 4 is 49.3 Å². The maximum Gasteiger partial charge on any atom is 0.0480 e. The number of aromatic nitrogens is 1. The van der Waals surface area contributed by atoms with Gasteiger partial charge < -0.3 is 4.98 Å². The van der Waals surface area contributed by atoms with Crippen LogP contribution < -0.4 is 0 Å². The lowest BCUT2D eigenvalue weighted by Crippen LogP contribution is -1.75. The zero-order valence-corrected chi connectivity index (χ0v) is 11.0. The summed E-state index contributed by atoms with van der Waals surface area (Å²) in [6.45, 7) is 2.03. The monoisotopic (exact) mass is 293 g/mol. The number of fused-ring (bicyclic) bond motifs is 3. The van der Waals surface area contributed by atoms with Crippen LogP contribution in [0.5, 0.6) is 0 Å². The summed E-state index contributed by atoms with van der Waals surface area (Å²) in [5.74, 6) is 0. The fourth-order valence-electron chi connectivity index (χ4n) is 2.00. The van der Waals surface area contributed by atoms with Crippen LogP contribution in [0.25, 0.3) is 21.8 Å². The summed E-state index contributed by atoms with van der Waals surface area (Å²) in [7, 11) is 0. The van der Waals surface area contributed by atoms with Crippen LogP contribution in [-0.2, 0) is 0 Å². The Kier molecular flexibility index (Phi) is 2.23. The van der Waals surface area contributed by atoms with E-state index in [0.717, 1.165) is 26.1 Å². The van der Waals surface area contributed by atoms with E-state index in [4.69, 9.17) is 11.6 Å². The minimum Gasteiger partial charge on any atom is -0.354 e. The molecule has 0 bridgehead atoms. The molecule has 3 aromatic rings. The summed E-state index contributed by atoms with van der Waals surface area (Å²) < 4.78 is 1.09. The summed E-state index contributed by atoms with van der Waals surface area (Å²) in [6, 6.07) is 10.3. The van der Waals surface area contributed by atoms with Gasteiger partial charge in [0.15, 0.2) is 0 Å². The number of hydrogen-bond donors (Lipinski definition) is 1. The van der Waals surface area contributed by atoms with E-state index >= 15 is 0 Å². The van der Waals surface area contributed by atoms with E-state index in [1.165, 1.54) is 10.8 Å². The van der Waals surface area contributed by atoms with Crippen LogP contribution in [0.15, 0.2) is 34.8 Å². The highest BCUT2D eigenvalue weighted by Crippen LogP contribution is 2.31. The quantitative estimate of drug-likeness (QED) is 0.597. The topological polar surface area (TPSA) is 15.8 Å². The van der Waals surface area contributed by atoms with Gasteiger partial charge in [0, 0.05) is 31.3 Å². The molecule has 2 aromatic carbocycles. The molecule has 0 unspecified atom stereocenters. The first-order chi connectivity index (χ1) is 7.65. The van der Waals surface area contributed by atoms with Crippen molar-refractivity contribution < 1.29 is 0 Å². The molecule has 0 radical (unpaired) electrons. The molecule has 16 heavy (non-hydrogen) atoms. The van der Waals surface area contributed by atoms with Gasteiger partial charge in [-0.25, -0.2) is 0 Å². The van der Waals surface area contributed by atoms with E-state index in [1.807, 2.05) is 19.1 Å². The average molecular weight is 295 g/mol. The summed E-state index contributed by atoms with van der Waals surface area (Å²) in [6.07, 6.45) is 0. The largest absolute Gasteiger partial charge is 0.354 e. The number of halogens is 2. The second-order valence-electron chi connectivity index (χ2n) is 3.96. The molecule has 1 N–H and O–H groups in total. The van der Waals surface area contributed by atoms with Crippen molar-refractivity contribution in [2.24, 2.45) is 0 Å². The molecule has 0 saturated heterocycles. The summed E-state index contributed by atoms with van der Waals surface area (Å²) in [4.78, 5) is 3.37. The molecule has 0 spiro atoms. The Morgan fingerprint density at radius 3 is 2.62 bits per heavy atom. The first kappa shape index (κ1) is 10.2. The van der Waals surface area contributed by atoms with Gasteiger partial charge in [0.05, 0.1) is 0 Å². The highest BCUT2D eigenvalue weighted by Gasteiger charge is 2.06.